The molecule has 8 nitrogen and oxygen atoms in total. The molecule has 0 atom stereocenters. The van der Waals surface area contributed by atoms with Crippen molar-refractivity contribution in [3.63, 3.8) is 0 Å². The molecule has 0 saturated carbocycles. The summed E-state index contributed by atoms with van der Waals surface area (Å²) in [7, 11) is 0. The minimum absolute atomic E-state index is 0.0303. The van der Waals surface area contributed by atoms with Gasteiger partial charge in [0, 0.05) is 32.1 Å². The SMILES string of the molecule is CCN(CC)CCCCN(CC)C(=O)CCC(=O)N1c2ccccc2C(=O)Nc2cccnc21. The molecular weight excluding hydrogens is 430 g/mol. The third-order valence-corrected chi connectivity index (χ3v) is 6.22. The van der Waals surface area contributed by atoms with Crippen LogP contribution in [0.25, 0.3) is 0 Å². The molecule has 0 radical (unpaired) electrons. The van der Waals surface area contributed by atoms with Gasteiger partial charge < -0.3 is 15.1 Å². The predicted molar refractivity (Wildman–Crippen MR) is 134 cm³/mol. The molecule has 0 aliphatic carbocycles. The van der Waals surface area contributed by atoms with Crippen molar-refractivity contribution >= 4 is 34.9 Å². The molecule has 2 heterocycles. The maximum atomic E-state index is 13.4. The molecule has 0 unspecified atom stereocenters. The minimum atomic E-state index is -0.293. The summed E-state index contributed by atoms with van der Waals surface area (Å²) in [5, 5.41) is 2.83. The Morgan fingerprint density at radius 3 is 2.41 bits per heavy atom. The van der Waals surface area contributed by atoms with Gasteiger partial charge in [0.25, 0.3) is 5.91 Å². The summed E-state index contributed by atoms with van der Waals surface area (Å²) < 4.78 is 0. The van der Waals surface area contributed by atoms with Crippen LogP contribution in [0, 0.1) is 0 Å². The van der Waals surface area contributed by atoms with E-state index in [0.29, 0.717) is 35.8 Å². The van der Waals surface area contributed by atoms with E-state index in [-0.39, 0.29) is 30.6 Å². The zero-order chi connectivity index (χ0) is 24.5. The molecule has 0 bridgehead atoms. The summed E-state index contributed by atoms with van der Waals surface area (Å²) in [4.78, 5) is 49.0. The third-order valence-electron chi connectivity index (χ3n) is 6.22. The van der Waals surface area contributed by atoms with E-state index in [1.807, 2.05) is 11.8 Å². The van der Waals surface area contributed by atoms with Gasteiger partial charge in [0.1, 0.15) is 0 Å². The molecule has 1 aliphatic heterocycles. The van der Waals surface area contributed by atoms with Gasteiger partial charge in [0.05, 0.1) is 16.9 Å². The van der Waals surface area contributed by atoms with Crippen LogP contribution in [-0.4, -0.2) is 65.2 Å². The van der Waals surface area contributed by atoms with Gasteiger partial charge in [0.2, 0.25) is 11.8 Å². The normalized spacial score (nSPS) is 12.6. The Bertz CT molecular complexity index is 1010. The number of anilines is 3. The molecule has 182 valence electrons. The highest BCUT2D eigenvalue weighted by atomic mass is 16.2. The van der Waals surface area contributed by atoms with Crippen LogP contribution in [0.2, 0.25) is 0 Å². The number of aromatic nitrogens is 1. The minimum Gasteiger partial charge on any atom is -0.343 e. The first-order valence-corrected chi connectivity index (χ1v) is 12.2. The van der Waals surface area contributed by atoms with Crippen LogP contribution in [0.4, 0.5) is 17.2 Å². The molecular formula is C26H35N5O3. The molecule has 2 aromatic rings. The second-order valence-electron chi connectivity index (χ2n) is 8.28. The Kier molecular flexibility index (Phi) is 9.16. The van der Waals surface area contributed by atoms with Crippen molar-refractivity contribution in [2.75, 3.05) is 42.9 Å². The number of carbonyl (C=O) groups excluding carboxylic acids is 3. The third kappa shape index (κ3) is 5.99. The van der Waals surface area contributed by atoms with Crippen molar-refractivity contribution in [2.45, 2.75) is 46.5 Å². The van der Waals surface area contributed by atoms with E-state index in [4.69, 9.17) is 0 Å². The standard InChI is InChI=1S/C26H35N5O3/c1-4-29(5-2)18-9-10-19-30(6-3)23(32)15-16-24(33)31-22-14-8-7-12-20(22)26(34)28-21-13-11-17-27-25(21)31/h7-8,11-14,17H,4-6,9-10,15-16,18-19H2,1-3H3,(H,28,34). The number of benzene rings is 1. The van der Waals surface area contributed by atoms with Crippen LogP contribution >= 0.6 is 0 Å². The van der Waals surface area contributed by atoms with Gasteiger partial charge in [-0.1, -0.05) is 26.0 Å². The van der Waals surface area contributed by atoms with Gasteiger partial charge in [-0.3, -0.25) is 19.3 Å². The highest BCUT2D eigenvalue weighted by molar-refractivity contribution is 6.17. The average molecular weight is 466 g/mol. The molecule has 1 aromatic carbocycles. The molecule has 1 aliphatic rings. The number of hydrogen-bond acceptors (Lipinski definition) is 5. The Labute approximate surface area is 201 Å². The zero-order valence-corrected chi connectivity index (χ0v) is 20.4. The number of unbranched alkanes of at least 4 members (excludes halogenated alkanes) is 1. The molecule has 0 saturated heterocycles. The maximum Gasteiger partial charge on any atom is 0.257 e. The highest BCUT2D eigenvalue weighted by Crippen LogP contribution is 2.36. The lowest BCUT2D eigenvalue weighted by atomic mass is 10.1. The second-order valence-corrected chi connectivity index (χ2v) is 8.28. The van der Waals surface area contributed by atoms with E-state index in [2.05, 4.69) is 29.0 Å². The Morgan fingerprint density at radius 2 is 1.68 bits per heavy atom. The monoisotopic (exact) mass is 465 g/mol. The first-order valence-electron chi connectivity index (χ1n) is 12.2. The Morgan fingerprint density at radius 1 is 0.941 bits per heavy atom. The number of para-hydroxylation sites is 1. The summed E-state index contributed by atoms with van der Waals surface area (Å²) in [6, 6.07) is 10.4. The number of nitrogens with zero attached hydrogens (tertiary/aromatic N) is 4. The van der Waals surface area contributed by atoms with Crippen molar-refractivity contribution in [1.29, 1.82) is 0 Å². The molecule has 3 amide bonds. The van der Waals surface area contributed by atoms with Crippen LogP contribution < -0.4 is 10.2 Å². The van der Waals surface area contributed by atoms with Crippen LogP contribution in [-0.2, 0) is 9.59 Å². The van der Waals surface area contributed by atoms with Crippen LogP contribution in [0.5, 0.6) is 0 Å². The Hall–Kier alpha value is -3.26. The van der Waals surface area contributed by atoms with Crippen molar-refractivity contribution in [3.8, 4) is 0 Å². The first-order chi connectivity index (χ1) is 16.5. The smallest absolute Gasteiger partial charge is 0.257 e. The zero-order valence-electron chi connectivity index (χ0n) is 20.4. The first kappa shape index (κ1) is 25.4. The number of nitrogens with one attached hydrogen (secondary N) is 1. The van der Waals surface area contributed by atoms with Gasteiger partial charge in [-0.25, -0.2) is 4.98 Å². The summed E-state index contributed by atoms with van der Waals surface area (Å²) in [6.45, 7) is 10.7. The van der Waals surface area contributed by atoms with Crippen molar-refractivity contribution in [1.82, 2.24) is 14.8 Å². The molecule has 1 N–H and O–H groups in total. The highest BCUT2D eigenvalue weighted by Gasteiger charge is 2.30. The fourth-order valence-corrected chi connectivity index (χ4v) is 4.21. The summed E-state index contributed by atoms with van der Waals surface area (Å²) in [6.07, 6.45) is 3.71. The topological polar surface area (TPSA) is 85.9 Å². The van der Waals surface area contributed by atoms with Gasteiger partial charge in [-0.2, -0.15) is 0 Å². The van der Waals surface area contributed by atoms with Crippen LogP contribution in [0.3, 0.4) is 0 Å². The number of carbonyl (C=O) groups is 3. The van der Waals surface area contributed by atoms with Crippen molar-refractivity contribution in [2.24, 2.45) is 0 Å². The largest absolute Gasteiger partial charge is 0.343 e. The van der Waals surface area contributed by atoms with Crippen LogP contribution in [0.15, 0.2) is 42.6 Å². The predicted octanol–water partition coefficient (Wildman–Crippen LogP) is 4.06. The van der Waals surface area contributed by atoms with E-state index in [1.54, 1.807) is 42.6 Å². The van der Waals surface area contributed by atoms with E-state index >= 15 is 0 Å². The summed E-state index contributed by atoms with van der Waals surface area (Å²) in [5.41, 5.74) is 1.33. The molecule has 34 heavy (non-hydrogen) atoms. The van der Waals surface area contributed by atoms with E-state index in [9.17, 15) is 14.4 Å². The Balaban J connectivity index is 1.66. The van der Waals surface area contributed by atoms with Crippen LogP contribution in [0.1, 0.15) is 56.8 Å². The lowest BCUT2D eigenvalue weighted by molar-refractivity contribution is -0.133. The van der Waals surface area contributed by atoms with Gasteiger partial charge in [0.15, 0.2) is 5.82 Å². The van der Waals surface area contributed by atoms with Crippen molar-refractivity contribution < 1.29 is 14.4 Å². The average Bonchev–Trinajstić information content (AvgIpc) is 2.98. The second kappa shape index (κ2) is 12.3. The maximum absolute atomic E-state index is 13.4. The van der Waals surface area contributed by atoms with Gasteiger partial charge >= 0.3 is 0 Å². The molecule has 0 fully saturated rings. The number of amides is 3. The quantitative estimate of drug-likeness (QED) is 0.506. The number of hydrogen-bond donors (Lipinski definition) is 1. The van der Waals surface area contributed by atoms with E-state index < -0.39 is 0 Å². The molecule has 8 heteroatoms. The fourth-order valence-electron chi connectivity index (χ4n) is 4.21. The lowest BCUT2D eigenvalue weighted by Crippen LogP contribution is -2.34. The molecule has 1 aromatic heterocycles. The number of fused-ring (bicyclic) bond motifs is 2. The summed E-state index contributed by atoms with van der Waals surface area (Å²) in [5.74, 6) is -0.229. The fraction of sp³-hybridized carbons (Fsp3) is 0.462. The number of rotatable bonds is 11. The van der Waals surface area contributed by atoms with E-state index in [1.165, 1.54) is 4.90 Å². The lowest BCUT2D eigenvalue weighted by Gasteiger charge is -2.24. The van der Waals surface area contributed by atoms with Gasteiger partial charge in [-0.05, 0) is 63.7 Å². The molecule has 3 rings (SSSR count). The van der Waals surface area contributed by atoms with Crippen molar-refractivity contribution in [3.05, 3.63) is 48.2 Å². The molecule has 0 spiro atoms. The van der Waals surface area contributed by atoms with Gasteiger partial charge in [-0.15, -0.1) is 0 Å². The summed E-state index contributed by atoms with van der Waals surface area (Å²) >= 11 is 0. The number of pyridine rings is 1. The van der Waals surface area contributed by atoms with E-state index in [0.717, 1.165) is 32.5 Å².